The third kappa shape index (κ3) is 4.37. The van der Waals surface area contributed by atoms with Crippen molar-refractivity contribution in [1.29, 1.82) is 0 Å². The van der Waals surface area contributed by atoms with Gasteiger partial charge in [0, 0.05) is 18.7 Å². The number of benzene rings is 2. The average molecular weight is 446 g/mol. The van der Waals surface area contributed by atoms with Gasteiger partial charge in [0.15, 0.2) is 0 Å². The van der Waals surface area contributed by atoms with Crippen molar-refractivity contribution in [2.75, 3.05) is 6.54 Å². The second kappa shape index (κ2) is 9.63. The predicted octanol–water partition coefficient (Wildman–Crippen LogP) is 5.73. The van der Waals surface area contributed by atoms with E-state index in [2.05, 4.69) is 0 Å². The third-order valence-corrected chi connectivity index (χ3v) is 5.81. The minimum absolute atomic E-state index is 0.0808. The Hall–Kier alpha value is -2.37. The van der Waals surface area contributed by atoms with Gasteiger partial charge in [-0.25, -0.2) is 4.98 Å². The van der Waals surface area contributed by atoms with Crippen LogP contribution in [0.15, 0.2) is 47.3 Å². The van der Waals surface area contributed by atoms with E-state index in [1.807, 2.05) is 39.0 Å². The largest absolute Gasteiger partial charge is 0.329 e. The maximum atomic E-state index is 13.3. The maximum absolute atomic E-state index is 13.3. The van der Waals surface area contributed by atoms with E-state index in [0.717, 1.165) is 12.8 Å². The zero-order chi connectivity index (χ0) is 21.8. The lowest BCUT2D eigenvalue weighted by molar-refractivity contribution is 0.0679. The quantitative estimate of drug-likeness (QED) is 0.466. The number of aromatic nitrogens is 2. The number of rotatable bonds is 7. The van der Waals surface area contributed by atoms with Crippen LogP contribution in [-0.2, 0) is 6.54 Å². The molecule has 0 aliphatic carbocycles. The topological polar surface area (TPSA) is 55.2 Å². The Kier molecular flexibility index (Phi) is 7.16. The van der Waals surface area contributed by atoms with Gasteiger partial charge in [0.2, 0.25) is 0 Å². The fourth-order valence-corrected chi connectivity index (χ4v) is 3.89. The average Bonchev–Trinajstić information content (AvgIpc) is 2.75. The number of carbonyl (C=O) groups is 1. The Morgan fingerprint density at radius 1 is 1.10 bits per heavy atom. The van der Waals surface area contributed by atoms with Crippen molar-refractivity contribution >= 4 is 40.0 Å². The molecule has 0 fully saturated rings. The maximum Gasteiger partial charge on any atom is 0.261 e. The molecule has 0 radical (unpaired) electrons. The lowest BCUT2D eigenvalue weighted by atomic mass is 10.1. The van der Waals surface area contributed by atoms with Gasteiger partial charge in [-0.2, -0.15) is 0 Å². The zero-order valence-corrected chi connectivity index (χ0v) is 18.9. The van der Waals surface area contributed by atoms with Crippen LogP contribution in [0.4, 0.5) is 0 Å². The second-order valence-electron chi connectivity index (χ2n) is 7.25. The Bertz CT molecular complexity index is 1130. The van der Waals surface area contributed by atoms with Gasteiger partial charge in [0.1, 0.15) is 5.82 Å². The summed E-state index contributed by atoms with van der Waals surface area (Å²) in [4.78, 5) is 33.0. The standard InChI is InChI=1S/C23H25Cl2N3O2/c1-4-12-27(22(29)16-10-11-18(24)19(25)14-16)15(3)21-26-20-9-7-6-8-17(20)23(30)28(21)13-5-2/h6-11,14-15H,4-5,12-13H2,1-3H3. The SMILES string of the molecule is CCCN(C(=O)c1ccc(Cl)c(Cl)c1)C(C)c1nc2ccccc2c(=O)n1CCC. The number of nitrogens with zero attached hydrogens (tertiary/aromatic N) is 3. The van der Waals surface area contributed by atoms with Crippen LogP contribution in [0.2, 0.25) is 10.0 Å². The van der Waals surface area contributed by atoms with E-state index in [4.69, 9.17) is 28.2 Å². The summed E-state index contributed by atoms with van der Waals surface area (Å²) in [6.07, 6.45) is 1.55. The molecular formula is C23H25Cl2N3O2. The third-order valence-electron chi connectivity index (χ3n) is 5.07. The predicted molar refractivity (Wildman–Crippen MR) is 122 cm³/mol. The summed E-state index contributed by atoms with van der Waals surface area (Å²) >= 11 is 12.1. The Balaban J connectivity index is 2.10. The molecule has 0 aliphatic heterocycles. The van der Waals surface area contributed by atoms with Gasteiger partial charge in [-0.1, -0.05) is 49.2 Å². The number of carbonyl (C=O) groups excluding carboxylic acids is 1. The fourth-order valence-electron chi connectivity index (χ4n) is 3.59. The first-order valence-corrected chi connectivity index (χ1v) is 10.9. The first kappa shape index (κ1) is 22.3. The molecule has 7 heteroatoms. The summed E-state index contributed by atoms with van der Waals surface area (Å²) in [7, 11) is 0. The highest BCUT2D eigenvalue weighted by atomic mass is 35.5. The van der Waals surface area contributed by atoms with Crippen molar-refractivity contribution < 1.29 is 4.79 Å². The smallest absolute Gasteiger partial charge is 0.261 e. The van der Waals surface area contributed by atoms with Crippen LogP contribution in [0.5, 0.6) is 0 Å². The highest BCUT2D eigenvalue weighted by Gasteiger charge is 2.26. The van der Waals surface area contributed by atoms with E-state index in [1.54, 1.807) is 33.7 Å². The van der Waals surface area contributed by atoms with Gasteiger partial charge in [-0.3, -0.25) is 14.2 Å². The van der Waals surface area contributed by atoms with Crippen molar-refractivity contribution in [2.45, 2.75) is 46.2 Å². The molecule has 2 aromatic carbocycles. The van der Waals surface area contributed by atoms with Gasteiger partial charge in [0.25, 0.3) is 11.5 Å². The van der Waals surface area contributed by atoms with Gasteiger partial charge in [-0.15, -0.1) is 0 Å². The van der Waals surface area contributed by atoms with Crippen molar-refractivity contribution in [1.82, 2.24) is 14.5 Å². The molecule has 1 aromatic heterocycles. The Labute approximate surface area is 186 Å². The number of hydrogen-bond acceptors (Lipinski definition) is 3. The fraction of sp³-hybridized carbons (Fsp3) is 0.348. The summed E-state index contributed by atoms with van der Waals surface area (Å²) in [5.74, 6) is 0.413. The molecule has 3 aromatic rings. The molecule has 1 atom stereocenters. The summed E-state index contributed by atoms with van der Waals surface area (Å²) in [5.41, 5.74) is 1.01. The lowest BCUT2D eigenvalue weighted by Gasteiger charge is -2.30. The molecule has 0 aliphatic rings. The number of fused-ring (bicyclic) bond motifs is 1. The zero-order valence-electron chi connectivity index (χ0n) is 17.4. The molecule has 0 bridgehead atoms. The molecule has 1 heterocycles. The van der Waals surface area contributed by atoms with E-state index in [9.17, 15) is 9.59 Å². The van der Waals surface area contributed by atoms with Gasteiger partial charge >= 0.3 is 0 Å². The second-order valence-corrected chi connectivity index (χ2v) is 8.06. The van der Waals surface area contributed by atoms with Gasteiger partial charge in [-0.05, 0) is 50.1 Å². The molecule has 5 nitrogen and oxygen atoms in total. The Morgan fingerprint density at radius 3 is 2.50 bits per heavy atom. The summed E-state index contributed by atoms with van der Waals surface area (Å²) < 4.78 is 1.69. The van der Waals surface area contributed by atoms with Gasteiger partial charge < -0.3 is 4.90 Å². The van der Waals surface area contributed by atoms with Crippen LogP contribution >= 0.6 is 23.2 Å². The van der Waals surface area contributed by atoms with Crippen molar-refractivity contribution in [3.8, 4) is 0 Å². The minimum Gasteiger partial charge on any atom is -0.329 e. The monoisotopic (exact) mass is 445 g/mol. The van der Waals surface area contributed by atoms with Crippen molar-refractivity contribution in [2.24, 2.45) is 0 Å². The molecule has 0 spiro atoms. The molecule has 0 saturated carbocycles. The summed E-state index contributed by atoms with van der Waals surface area (Å²) in [5, 5.41) is 1.31. The molecule has 0 saturated heterocycles. The molecule has 1 amide bonds. The van der Waals surface area contributed by atoms with Crippen LogP contribution < -0.4 is 5.56 Å². The van der Waals surface area contributed by atoms with E-state index in [0.29, 0.717) is 45.4 Å². The molecule has 158 valence electrons. The lowest BCUT2D eigenvalue weighted by Crippen LogP contribution is -2.38. The van der Waals surface area contributed by atoms with Crippen molar-refractivity contribution in [3.05, 3.63) is 74.3 Å². The van der Waals surface area contributed by atoms with E-state index in [1.165, 1.54) is 0 Å². The summed E-state index contributed by atoms with van der Waals surface area (Å²) in [6, 6.07) is 11.8. The highest BCUT2D eigenvalue weighted by molar-refractivity contribution is 6.42. The molecule has 30 heavy (non-hydrogen) atoms. The first-order valence-electron chi connectivity index (χ1n) is 10.1. The van der Waals surface area contributed by atoms with Crippen LogP contribution in [0.1, 0.15) is 55.8 Å². The first-order chi connectivity index (χ1) is 14.4. The molecule has 3 rings (SSSR count). The van der Waals surface area contributed by atoms with Crippen LogP contribution in [-0.4, -0.2) is 26.9 Å². The number of para-hydroxylation sites is 1. The molecule has 0 N–H and O–H groups in total. The minimum atomic E-state index is -0.393. The van der Waals surface area contributed by atoms with Crippen LogP contribution in [0.3, 0.4) is 0 Å². The summed E-state index contributed by atoms with van der Waals surface area (Å²) in [6.45, 7) is 7.00. The van der Waals surface area contributed by atoms with Crippen LogP contribution in [0.25, 0.3) is 10.9 Å². The number of hydrogen-bond donors (Lipinski definition) is 0. The van der Waals surface area contributed by atoms with E-state index in [-0.39, 0.29) is 11.5 Å². The number of halogens is 2. The molecular weight excluding hydrogens is 421 g/mol. The Morgan fingerprint density at radius 2 is 1.83 bits per heavy atom. The van der Waals surface area contributed by atoms with E-state index >= 15 is 0 Å². The highest BCUT2D eigenvalue weighted by Crippen LogP contribution is 2.26. The van der Waals surface area contributed by atoms with Crippen LogP contribution in [0, 0.1) is 0 Å². The van der Waals surface area contributed by atoms with Crippen molar-refractivity contribution in [3.63, 3.8) is 0 Å². The van der Waals surface area contributed by atoms with Gasteiger partial charge in [0.05, 0.1) is 27.0 Å². The van der Waals surface area contributed by atoms with E-state index < -0.39 is 6.04 Å². The molecule has 1 unspecified atom stereocenters. The normalized spacial score (nSPS) is 12.2. The number of amides is 1.